The number of ether oxygens (including phenoxy) is 1. The van der Waals surface area contributed by atoms with Gasteiger partial charge in [0.25, 0.3) is 0 Å². The van der Waals surface area contributed by atoms with Crippen molar-refractivity contribution in [1.82, 2.24) is 10.2 Å². The lowest BCUT2D eigenvalue weighted by Crippen LogP contribution is -2.46. The molecule has 0 radical (unpaired) electrons. The first-order valence-corrected chi connectivity index (χ1v) is 8.96. The molecule has 0 saturated carbocycles. The molecule has 1 aromatic carbocycles. The molecular formula is C17H26BrN3O2. The Morgan fingerprint density at radius 2 is 2.30 bits per heavy atom. The number of amides is 1. The third-order valence-corrected chi connectivity index (χ3v) is 4.77. The van der Waals surface area contributed by atoms with Crippen LogP contribution in [-0.2, 0) is 11.3 Å². The molecule has 0 bridgehead atoms. The number of benzene rings is 1. The van der Waals surface area contributed by atoms with Gasteiger partial charge in [0, 0.05) is 42.1 Å². The maximum atomic E-state index is 11.7. The predicted molar refractivity (Wildman–Crippen MR) is 95.4 cm³/mol. The van der Waals surface area contributed by atoms with Crippen molar-refractivity contribution in [3.05, 3.63) is 28.2 Å². The van der Waals surface area contributed by atoms with Crippen molar-refractivity contribution in [2.75, 3.05) is 26.7 Å². The molecule has 1 amide bonds. The Hall–Kier alpha value is -1.11. The lowest BCUT2D eigenvalue weighted by Gasteiger charge is -2.36. The summed E-state index contributed by atoms with van der Waals surface area (Å²) >= 11 is 3.48. The smallest absolute Gasteiger partial charge is 0.221 e. The van der Waals surface area contributed by atoms with Gasteiger partial charge in [-0.25, -0.2) is 0 Å². The van der Waals surface area contributed by atoms with Crippen molar-refractivity contribution in [3.8, 4) is 5.75 Å². The molecule has 1 fully saturated rings. The predicted octanol–water partition coefficient (Wildman–Crippen LogP) is 2.28. The lowest BCUT2D eigenvalue weighted by atomic mass is 10.0. The standard InChI is InChI=1S/C17H26BrN3O2/c1-23-16-10-14(18)6-5-13(16)12-21-9-3-2-4-15(21)11-20-17(22)7-8-19/h5-6,10,15H,2-4,7-9,11-12,19H2,1H3,(H,20,22). The first kappa shape index (κ1) is 18.2. The van der Waals surface area contributed by atoms with Crippen LogP contribution in [0.5, 0.6) is 5.75 Å². The van der Waals surface area contributed by atoms with E-state index in [0.717, 1.165) is 29.7 Å². The van der Waals surface area contributed by atoms with E-state index in [2.05, 4.69) is 32.2 Å². The van der Waals surface area contributed by atoms with Crippen LogP contribution < -0.4 is 15.8 Å². The van der Waals surface area contributed by atoms with Gasteiger partial charge in [-0.15, -0.1) is 0 Å². The van der Waals surface area contributed by atoms with Crippen molar-refractivity contribution in [1.29, 1.82) is 0 Å². The minimum atomic E-state index is 0.0410. The van der Waals surface area contributed by atoms with Crippen LogP contribution in [0.3, 0.4) is 0 Å². The normalized spacial score (nSPS) is 18.7. The van der Waals surface area contributed by atoms with E-state index in [1.54, 1.807) is 7.11 Å². The van der Waals surface area contributed by atoms with Crippen molar-refractivity contribution >= 4 is 21.8 Å². The van der Waals surface area contributed by atoms with E-state index in [0.29, 0.717) is 25.6 Å². The van der Waals surface area contributed by atoms with Crippen LogP contribution in [-0.4, -0.2) is 43.6 Å². The third-order valence-electron chi connectivity index (χ3n) is 4.28. The summed E-state index contributed by atoms with van der Waals surface area (Å²) in [5.74, 6) is 0.940. The molecule has 1 aliphatic rings. The van der Waals surface area contributed by atoms with E-state index in [-0.39, 0.29) is 5.91 Å². The number of piperidine rings is 1. The molecule has 0 aromatic heterocycles. The monoisotopic (exact) mass is 383 g/mol. The molecule has 0 spiro atoms. The Kier molecular flexibility index (Phi) is 7.33. The third kappa shape index (κ3) is 5.48. The fourth-order valence-electron chi connectivity index (χ4n) is 3.02. The number of hydrogen-bond donors (Lipinski definition) is 2. The van der Waals surface area contributed by atoms with E-state index in [4.69, 9.17) is 10.5 Å². The van der Waals surface area contributed by atoms with E-state index in [9.17, 15) is 4.79 Å². The summed E-state index contributed by atoms with van der Waals surface area (Å²) in [4.78, 5) is 14.1. The van der Waals surface area contributed by atoms with Gasteiger partial charge in [0.15, 0.2) is 0 Å². The average molecular weight is 384 g/mol. The molecule has 1 aliphatic heterocycles. The van der Waals surface area contributed by atoms with Gasteiger partial charge in [0.1, 0.15) is 5.75 Å². The number of hydrogen-bond acceptors (Lipinski definition) is 4. The summed E-state index contributed by atoms with van der Waals surface area (Å²) in [6.07, 6.45) is 3.92. The van der Waals surface area contributed by atoms with Crippen LogP contribution in [0.25, 0.3) is 0 Å². The van der Waals surface area contributed by atoms with Crippen LogP contribution in [0.1, 0.15) is 31.2 Å². The molecule has 2 rings (SSSR count). The fourth-order valence-corrected chi connectivity index (χ4v) is 3.36. The van der Waals surface area contributed by atoms with Crippen LogP contribution >= 0.6 is 15.9 Å². The van der Waals surface area contributed by atoms with Crippen LogP contribution in [0.2, 0.25) is 0 Å². The summed E-state index contributed by atoms with van der Waals surface area (Å²) in [5.41, 5.74) is 6.60. The van der Waals surface area contributed by atoms with Gasteiger partial charge in [-0.2, -0.15) is 0 Å². The highest BCUT2D eigenvalue weighted by molar-refractivity contribution is 9.10. The summed E-state index contributed by atoms with van der Waals surface area (Å²) in [6.45, 7) is 2.98. The Morgan fingerprint density at radius 1 is 1.48 bits per heavy atom. The van der Waals surface area contributed by atoms with E-state index < -0.39 is 0 Å². The van der Waals surface area contributed by atoms with Gasteiger partial charge in [-0.1, -0.05) is 28.4 Å². The Bertz CT molecular complexity index is 525. The second kappa shape index (κ2) is 9.25. The fraction of sp³-hybridized carbons (Fsp3) is 0.588. The highest BCUT2D eigenvalue weighted by atomic mass is 79.9. The molecule has 1 heterocycles. The number of carbonyl (C=O) groups excluding carboxylic acids is 1. The molecule has 3 N–H and O–H groups in total. The number of nitrogens with zero attached hydrogens (tertiary/aromatic N) is 1. The van der Waals surface area contributed by atoms with E-state index >= 15 is 0 Å². The number of nitrogens with two attached hydrogens (primary N) is 1. The van der Waals surface area contributed by atoms with Gasteiger partial charge >= 0.3 is 0 Å². The quantitative estimate of drug-likeness (QED) is 0.757. The average Bonchev–Trinajstić information content (AvgIpc) is 2.56. The Morgan fingerprint density at radius 3 is 3.04 bits per heavy atom. The zero-order valence-corrected chi connectivity index (χ0v) is 15.3. The Balaban J connectivity index is 1.99. The lowest BCUT2D eigenvalue weighted by molar-refractivity contribution is -0.121. The second-order valence-electron chi connectivity index (χ2n) is 5.92. The van der Waals surface area contributed by atoms with Crippen molar-refractivity contribution in [2.45, 2.75) is 38.3 Å². The van der Waals surface area contributed by atoms with Crippen LogP contribution in [0, 0.1) is 0 Å². The Labute approximate surface area is 146 Å². The molecule has 128 valence electrons. The molecule has 1 saturated heterocycles. The SMILES string of the molecule is COc1cc(Br)ccc1CN1CCCCC1CNC(=O)CCN. The second-order valence-corrected chi connectivity index (χ2v) is 6.83. The minimum Gasteiger partial charge on any atom is -0.496 e. The van der Waals surface area contributed by atoms with Gasteiger partial charge < -0.3 is 15.8 Å². The van der Waals surface area contributed by atoms with E-state index in [1.807, 2.05) is 12.1 Å². The molecule has 0 aliphatic carbocycles. The van der Waals surface area contributed by atoms with Crippen molar-refractivity contribution in [3.63, 3.8) is 0 Å². The largest absolute Gasteiger partial charge is 0.496 e. The summed E-state index contributed by atoms with van der Waals surface area (Å²) in [6, 6.07) is 6.51. The molecule has 1 atom stereocenters. The summed E-state index contributed by atoms with van der Waals surface area (Å²) in [5, 5.41) is 3.01. The van der Waals surface area contributed by atoms with Gasteiger partial charge in [0.05, 0.1) is 7.11 Å². The first-order valence-electron chi connectivity index (χ1n) is 8.17. The van der Waals surface area contributed by atoms with Crippen molar-refractivity contribution in [2.24, 2.45) is 5.73 Å². The number of rotatable bonds is 7. The molecular weight excluding hydrogens is 358 g/mol. The zero-order chi connectivity index (χ0) is 16.7. The highest BCUT2D eigenvalue weighted by Crippen LogP contribution is 2.27. The minimum absolute atomic E-state index is 0.0410. The molecule has 1 unspecified atom stereocenters. The van der Waals surface area contributed by atoms with Gasteiger partial charge in [-0.05, 0) is 31.5 Å². The number of carbonyl (C=O) groups is 1. The molecule has 1 aromatic rings. The maximum absolute atomic E-state index is 11.7. The van der Waals surface area contributed by atoms with E-state index in [1.165, 1.54) is 18.4 Å². The first-order chi connectivity index (χ1) is 11.1. The zero-order valence-electron chi connectivity index (χ0n) is 13.7. The molecule has 6 heteroatoms. The number of halogens is 1. The van der Waals surface area contributed by atoms with Crippen LogP contribution in [0.15, 0.2) is 22.7 Å². The summed E-state index contributed by atoms with van der Waals surface area (Å²) < 4.78 is 6.51. The number of likely N-dealkylation sites (tertiary alicyclic amines) is 1. The molecule has 23 heavy (non-hydrogen) atoms. The maximum Gasteiger partial charge on any atom is 0.221 e. The molecule has 5 nitrogen and oxygen atoms in total. The highest BCUT2D eigenvalue weighted by Gasteiger charge is 2.23. The van der Waals surface area contributed by atoms with Gasteiger partial charge in [-0.3, -0.25) is 9.69 Å². The number of nitrogens with one attached hydrogen (secondary N) is 1. The van der Waals surface area contributed by atoms with Gasteiger partial charge in [0.2, 0.25) is 5.91 Å². The van der Waals surface area contributed by atoms with Crippen LogP contribution in [0.4, 0.5) is 0 Å². The van der Waals surface area contributed by atoms with Crippen molar-refractivity contribution < 1.29 is 9.53 Å². The topological polar surface area (TPSA) is 67.6 Å². The number of methoxy groups -OCH3 is 1. The summed E-state index contributed by atoms with van der Waals surface area (Å²) in [7, 11) is 1.70.